The molecule has 4 nitrogen and oxygen atoms in total. The van der Waals surface area contributed by atoms with Crippen molar-refractivity contribution in [3.8, 4) is 0 Å². The number of rotatable bonds is 5. The molecule has 0 spiro atoms. The van der Waals surface area contributed by atoms with Crippen LogP contribution >= 0.6 is 0 Å². The van der Waals surface area contributed by atoms with Gasteiger partial charge < -0.3 is 10.2 Å². The summed E-state index contributed by atoms with van der Waals surface area (Å²) < 4.78 is 13.8. The molecule has 0 aliphatic carbocycles. The predicted molar refractivity (Wildman–Crippen MR) is 109 cm³/mol. The topological polar surface area (TPSA) is 49.4 Å². The molecule has 1 heterocycles. The van der Waals surface area contributed by atoms with E-state index < -0.39 is 0 Å². The summed E-state index contributed by atoms with van der Waals surface area (Å²) in [5.74, 6) is -0.845. The van der Waals surface area contributed by atoms with Crippen molar-refractivity contribution in [2.75, 3.05) is 18.4 Å². The lowest BCUT2D eigenvalue weighted by molar-refractivity contribution is -0.128. The summed E-state index contributed by atoms with van der Waals surface area (Å²) in [7, 11) is 0. The molecule has 5 heteroatoms. The van der Waals surface area contributed by atoms with Gasteiger partial charge in [0, 0.05) is 25.2 Å². The Hall–Kier alpha value is -2.69. The Morgan fingerprint density at radius 2 is 1.82 bits per heavy atom. The zero-order valence-electron chi connectivity index (χ0n) is 16.7. The van der Waals surface area contributed by atoms with E-state index in [0.717, 1.165) is 11.3 Å². The molecule has 1 atom stereocenters. The van der Waals surface area contributed by atoms with Gasteiger partial charge in [-0.2, -0.15) is 0 Å². The summed E-state index contributed by atoms with van der Waals surface area (Å²) >= 11 is 0. The van der Waals surface area contributed by atoms with Gasteiger partial charge in [0.2, 0.25) is 11.8 Å². The van der Waals surface area contributed by atoms with Crippen molar-refractivity contribution in [1.29, 1.82) is 0 Å². The number of nitrogens with zero attached hydrogens (tertiary/aromatic N) is 1. The smallest absolute Gasteiger partial charge is 0.229 e. The fourth-order valence-electron chi connectivity index (χ4n) is 3.60. The first-order valence-corrected chi connectivity index (χ1v) is 9.67. The van der Waals surface area contributed by atoms with Gasteiger partial charge in [0.25, 0.3) is 0 Å². The van der Waals surface area contributed by atoms with Crippen molar-refractivity contribution < 1.29 is 14.0 Å². The average Bonchev–Trinajstić information content (AvgIpc) is 3.01. The number of amides is 2. The van der Waals surface area contributed by atoms with E-state index in [2.05, 4.69) is 26.1 Å². The lowest BCUT2D eigenvalue weighted by Crippen LogP contribution is -2.30. The SMILES string of the molecule is CC(C)(C)c1ccccc1NC(=O)C1CC(=O)N(CCc2ccccc2F)C1. The van der Waals surface area contributed by atoms with E-state index in [4.69, 9.17) is 0 Å². The highest BCUT2D eigenvalue weighted by molar-refractivity contribution is 5.97. The Labute approximate surface area is 165 Å². The largest absolute Gasteiger partial charge is 0.342 e. The molecule has 1 fully saturated rings. The molecule has 2 aromatic carbocycles. The van der Waals surface area contributed by atoms with Crippen LogP contribution in [0.15, 0.2) is 48.5 Å². The Morgan fingerprint density at radius 3 is 2.54 bits per heavy atom. The lowest BCUT2D eigenvalue weighted by Gasteiger charge is -2.23. The summed E-state index contributed by atoms with van der Waals surface area (Å²) in [6.45, 7) is 7.09. The zero-order chi connectivity index (χ0) is 20.3. The highest BCUT2D eigenvalue weighted by atomic mass is 19.1. The van der Waals surface area contributed by atoms with Gasteiger partial charge in [-0.3, -0.25) is 9.59 Å². The van der Waals surface area contributed by atoms with E-state index in [-0.39, 0.29) is 35.4 Å². The normalized spacial score (nSPS) is 17.1. The van der Waals surface area contributed by atoms with Crippen LogP contribution in [0.1, 0.15) is 38.3 Å². The molecule has 1 unspecified atom stereocenters. The van der Waals surface area contributed by atoms with Gasteiger partial charge in [-0.15, -0.1) is 0 Å². The second kappa shape index (κ2) is 8.13. The third-order valence-electron chi connectivity index (χ3n) is 5.19. The maximum Gasteiger partial charge on any atom is 0.229 e. The van der Waals surface area contributed by atoms with E-state index in [9.17, 15) is 14.0 Å². The van der Waals surface area contributed by atoms with Crippen LogP contribution in [0.3, 0.4) is 0 Å². The maximum atomic E-state index is 13.8. The van der Waals surface area contributed by atoms with E-state index in [1.54, 1.807) is 23.1 Å². The van der Waals surface area contributed by atoms with E-state index in [1.807, 2.05) is 24.3 Å². The third-order valence-corrected chi connectivity index (χ3v) is 5.19. The van der Waals surface area contributed by atoms with E-state index in [0.29, 0.717) is 25.1 Å². The quantitative estimate of drug-likeness (QED) is 0.844. The first kappa shape index (κ1) is 20.1. The monoisotopic (exact) mass is 382 g/mol. The standard InChI is InChI=1S/C23H27FN2O2/c1-23(2,3)18-9-5-7-11-20(18)25-22(28)17-14-21(27)26(15-17)13-12-16-8-4-6-10-19(16)24/h4-11,17H,12-15H2,1-3H3,(H,25,28). The van der Waals surface area contributed by atoms with Crippen LogP contribution in [0.25, 0.3) is 0 Å². The summed E-state index contributed by atoms with van der Waals surface area (Å²) in [5.41, 5.74) is 2.34. The molecular formula is C23H27FN2O2. The Balaban J connectivity index is 1.62. The number of hydrogen-bond donors (Lipinski definition) is 1. The van der Waals surface area contributed by atoms with Crippen LogP contribution < -0.4 is 5.32 Å². The number of nitrogens with one attached hydrogen (secondary N) is 1. The first-order valence-electron chi connectivity index (χ1n) is 9.67. The minimum Gasteiger partial charge on any atom is -0.342 e. The van der Waals surface area contributed by atoms with Crippen molar-refractivity contribution in [1.82, 2.24) is 4.90 Å². The predicted octanol–water partition coefficient (Wildman–Crippen LogP) is 4.15. The van der Waals surface area contributed by atoms with Gasteiger partial charge in [-0.1, -0.05) is 57.2 Å². The van der Waals surface area contributed by atoms with Gasteiger partial charge >= 0.3 is 0 Å². The summed E-state index contributed by atoms with van der Waals surface area (Å²) in [4.78, 5) is 26.7. The lowest BCUT2D eigenvalue weighted by atomic mass is 9.85. The van der Waals surface area contributed by atoms with Crippen LogP contribution in [-0.4, -0.2) is 29.8 Å². The Morgan fingerprint density at radius 1 is 1.14 bits per heavy atom. The number of carbonyl (C=O) groups is 2. The molecule has 0 radical (unpaired) electrons. The van der Waals surface area contributed by atoms with Crippen molar-refractivity contribution >= 4 is 17.5 Å². The molecule has 28 heavy (non-hydrogen) atoms. The minimum absolute atomic E-state index is 0.0550. The second-order valence-corrected chi connectivity index (χ2v) is 8.37. The second-order valence-electron chi connectivity index (χ2n) is 8.37. The molecule has 0 bridgehead atoms. The molecular weight excluding hydrogens is 355 g/mol. The summed E-state index contributed by atoms with van der Waals surface area (Å²) in [6, 6.07) is 14.3. The van der Waals surface area contributed by atoms with Crippen LogP contribution in [0, 0.1) is 11.7 Å². The Kier molecular flexibility index (Phi) is 5.82. The number of halogens is 1. The fourth-order valence-corrected chi connectivity index (χ4v) is 3.60. The van der Waals surface area contributed by atoms with Crippen LogP contribution in [0.2, 0.25) is 0 Å². The summed E-state index contributed by atoms with van der Waals surface area (Å²) in [5, 5.41) is 3.01. The number of para-hydroxylation sites is 1. The van der Waals surface area contributed by atoms with Crippen molar-refractivity contribution in [3.05, 3.63) is 65.5 Å². The number of hydrogen-bond acceptors (Lipinski definition) is 2. The molecule has 0 saturated carbocycles. The molecule has 0 aromatic heterocycles. The molecule has 2 amide bonds. The Bertz CT molecular complexity index is 873. The van der Waals surface area contributed by atoms with Gasteiger partial charge in [-0.05, 0) is 35.1 Å². The van der Waals surface area contributed by atoms with Crippen LogP contribution in [-0.2, 0) is 21.4 Å². The molecule has 3 rings (SSSR count). The molecule has 148 valence electrons. The number of carbonyl (C=O) groups excluding carboxylic acids is 2. The molecule has 1 saturated heterocycles. The average molecular weight is 382 g/mol. The zero-order valence-corrected chi connectivity index (χ0v) is 16.7. The van der Waals surface area contributed by atoms with Gasteiger partial charge in [-0.25, -0.2) is 4.39 Å². The number of benzene rings is 2. The number of anilines is 1. The fraction of sp³-hybridized carbons (Fsp3) is 0.391. The molecule has 2 aromatic rings. The first-order chi connectivity index (χ1) is 13.3. The minimum atomic E-state index is -0.388. The van der Waals surface area contributed by atoms with Crippen LogP contribution in [0.5, 0.6) is 0 Å². The third kappa shape index (κ3) is 4.58. The van der Waals surface area contributed by atoms with Crippen molar-refractivity contribution in [2.45, 2.75) is 39.0 Å². The van der Waals surface area contributed by atoms with E-state index >= 15 is 0 Å². The maximum absolute atomic E-state index is 13.8. The van der Waals surface area contributed by atoms with Gasteiger partial charge in [0.1, 0.15) is 5.82 Å². The number of likely N-dealkylation sites (tertiary alicyclic amines) is 1. The molecule has 1 N–H and O–H groups in total. The molecule has 1 aliphatic heterocycles. The van der Waals surface area contributed by atoms with E-state index in [1.165, 1.54) is 6.07 Å². The molecule has 1 aliphatic rings. The highest BCUT2D eigenvalue weighted by Gasteiger charge is 2.34. The van der Waals surface area contributed by atoms with Gasteiger partial charge in [0.15, 0.2) is 0 Å². The summed E-state index contributed by atoms with van der Waals surface area (Å²) in [6.07, 6.45) is 0.639. The van der Waals surface area contributed by atoms with Crippen molar-refractivity contribution in [3.63, 3.8) is 0 Å². The highest BCUT2D eigenvalue weighted by Crippen LogP contribution is 2.30. The van der Waals surface area contributed by atoms with Crippen LogP contribution in [0.4, 0.5) is 10.1 Å². The van der Waals surface area contributed by atoms with Crippen molar-refractivity contribution in [2.24, 2.45) is 5.92 Å². The van der Waals surface area contributed by atoms with Gasteiger partial charge in [0.05, 0.1) is 5.92 Å².